The molecule has 23 heavy (non-hydrogen) atoms. The van der Waals surface area contributed by atoms with Crippen molar-refractivity contribution >= 4 is 17.4 Å². The first-order valence-electron chi connectivity index (χ1n) is 7.94. The summed E-state index contributed by atoms with van der Waals surface area (Å²) in [6, 6.07) is 7.66. The molecule has 1 aromatic heterocycles. The van der Waals surface area contributed by atoms with E-state index in [1.54, 1.807) is 6.07 Å². The molecule has 0 saturated carbocycles. The second-order valence-corrected chi connectivity index (χ2v) is 5.68. The molecule has 2 rings (SSSR count). The number of anilines is 2. The van der Waals surface area contributed by atoms with Crippen molar-refractivity contribution in [3.05, 3.63) is 46.6 Å². The highest BCUT2D eigenvalue weighted by molar-refractivity contribution is 6.03. The number of carbonyl (C=O) groups excluding carboxylic acids is 1. The Kier molecular flexibility index (Phi) is 5.32. The normalized spacial score (nSPS) is 10.5. The fraction of sp³-hybridized carbons (Fsp3) is 0.389. The van der Waals surface area contributed by atoms with Crippen molar-refractivity contribution in [3.63, 3.8) is 0 Å². The number of benzene rings is 1. The first kappa shape index (κ1) is 16.9. The highest BCUT2D eigenvalue weighted by Crippen LogP contribution is 2.22. The smallest absolute Gasteiger partial charge is 0.276 e. The van der Waals surface area contributed by atoms with Crippen LogP contribution in [0.15, 0.2) is 24.3 Å². The van der Waals surface area contributed by atoms with Gasteiger partial charge in [-0.2, -0.15) is 0 Å². The zero-order valence-electron chi connectivity index (χ0n) is 14.5. The Morgan fingerprint density at radius 3 is 2.13 bits per heavy atom. The molecule has 2 aromatic rings. The fourth-order valence-electron chi connectivity index (χ4n) is 2.72. The Morgan fingerprint density at radius 2 is 1.65 bits per heavy atom. The molecule has 0 aliphatic rings. The van der Waals surface area contributed by atoms with Crippen LogP contribution in [0.5, 0.6) is 0 Å². The second-order valence-electron chi connectivity index (χ2n) is 5.68. The molecule has 0 spiro atoms. The van der Waals surface area contributed by atoms with Crippen molar-refractivity contribution in [1.29, 1.82) is 0 Å². The molecule has 1 heterocycles. The number of amides is 1. The van der Waals surface area contributed by atoms with E-state index in [0.29, 0.717) is 5.69 Å². The summed E-state index contributed by atoms with van der Waals surface area (Å²) in [6.07, 6.45) is 0. The Labute approximate surface area is 137 Å². The number of nitrogens with one attached hydrogen (secondary N) is 1. The van der Waals surface area contributed by atoms with Crippen LogP contribution in [0.2, 0.25) is 0 Å². The maximum absolute atomic E-state index is 12.4. The standard InChI is InChI=1S/C18H24N4O/c1-6-22(7-2)16-9-8-15(20-21-16)18(23)19-17-13(4)10-12(3)11-14(17)5/h8-11H,6-7H2,1-5H3,(H,19,23). The van der Waals surface area contributed by atoms with Crippen molar-refractivity contribution in [2.75, 3.05) is 23.3 Å². The maximum Gasteiger partial charge on any atom is 0.276 e. The number of hydrogen-bond donors (Lipinski definition) is 1. The van der Waals surface area contributed by atoms with Crippen LogP contribution in [0.1, 0.15) is 41.0 Å². The lowest BCUT2D eigenvalue weighted by Gasteiger charge is -2.18. The molecule has 1 N–H and O–H groups in total. The van der Waals surface area contributed by atoms with E-state index >= 15 is 0 Å². The SMILES string of the molecule is CCN(CC)c1ccc(C(=O)Nc2c(C)cc(C)cc2C)nn1. The largest absolute Gasteiger partial charge is 0.356 e. The van der Waals surface area contributed by atoms with Gasteiger partial charge in [-0.1, -0.05) is 17.7 Å². The zero-order valence-corrected chi connectivity index (χ0v) is 14.5. The Hall–Kier alpha value is -2.43. The molecule has 0 aliphatic heterocycles. The Balaban J connectivity index is 2.19. The van der Waals surface area contributed by atoms with E-state index in [9.17, 15) is 4.79 Å². The second kappa shape index (κ2) is 7.22. The van der Waals surface area contributed by atoms with E-state index in [0.717, 1.165) is 35.7 Å². The summed E-state index contributed by atoms with van der Waals surface area (Å²) in [6.45, 7) is 11.9. The van der Waals surface area contributed by atoms with E-state index in [2.05, 4.69) is 46.4 Å². The van der Waals surface area contributed by atoms with Crippen LogP contribution in [-0.2, 0) is 0 Å². The minimum atomic E-state index is -0.237. The molecule has 0 bridgehead atoms. The third-order valence-corrected chi connectivity index (χ3v) is 3.89. The lowest BCUT2D eigenvalue weighted by Crippen LogP contribution is -2.24. The molecule has 5 heteroatoms. The fourth-order valence-corrected chi connectivity index (χ4v) is 2.72. The molecule has 122 valence electrons. The lowest BCUT2D eigenvalue weighted by atomic mass is 10.1. The van der Waals surface area contributed by atoms with Crippen molar-refractivity contribution in [3.8, 4) is 0 Å². The molecular formula is C18H24N4O. The van der Waals surface area contributed by atoms with Crippen LogP contribution in [-0.4, -0.2) is 29.2 Å². The van der Waals surface area contributed by atoms with Gasteiger partial charge in [0.15, 0.2) is 11.5 Å². The van der Waals surface area contributed by atoms with Crippen LogP contribution in [0.3, 0.4) is 0 Å². The molecule has 0 radical (unpaired) electrons. The topological polar surface area (TPSA) is 58.1 Å². The summed E-state index contributed by atoms with van der Waals surface area (Å²) in [5.74, 6) is 0.549. The van der Waals surface area contributed by atoms with Gasteiger partial charge in [-0.05, 0) is 57.9 Å². The molecule has 0 saturated heterocycles. The molecular weight excluding hydrogens is 288 g/mol. The van der Waals surface area contributed by atoms with E-state index in [-0.39, 0.29) is 5.91 Å². The summed E-state index contributed by atoms with van der Waals surface area (Å²) >= 11 is 0. The molecule has 1 amide bonds. The maximum atomic E-state index is 12.4. The van der Waals surface area contributed by atoms with Gasteiger partial charge in [-0.3, -0.25) is 4.79 Å². The van der Waals surface area contributed by atoms with Gasteiger partial charge in [-0.15, -0.1) is 10.2 Å². The number of carbonyl (C=O) groups is 1. The molecule has 0 aliphatic carbocycles. The predicted molar refractivity (Wildman–Crippen MR) is 94.2 cm³/mol. The predicted octanol–water partition coefficient (Wildman–Crippen LogP) is 3.50. The Bertz CT molecular complexity index is 668. The minimum absolute atomic E-state index is 0.237. The first-order chi connectivity index (χ1) is 11.0. The van der Waals surface area contributed by atoms with Crippen molar-refractivity contribution in [1.82, 2.24) is 10.2 Å². The number of aryl methyl sites for hydroxylation is 3. The van der Waals surface area contributed by atoms with Crippen molar-refractivity contribution < 1.29 is 4.79 Å². The summed E-state index contributed by atoms with van der Waals surface area (Å²) in [5.41, 5.74) is 4.43. The van der Waals surface area contributed by atoms with Crippen molar-refractivity contribution in [2.45, 2.75) is 34.6 Å². The number of rotatable bonds is 5. The van der Waals surface area contributed by atoms with E-state index in [1.807, 2.05) is 26.8 Å². The van der Waals surface area contributed by atoms with Crippen LogP contribution in [0, 0.1) is 20.8 Å². The van der Waals surface area contributed by atoms with Gasteiger partial charge in [0.1, 0.15) is 0 Å². The van der Waals surface area contributed by atoms with Crippen molar-refractivity contribution in [2.24, 2.45) is 0 Å². The van der Waals surface area contributed by atoms with E-state index < -0.39 is 0 Å². The molecule has 5 nitrogen and oxygen atoms in total. The number of hydrogen-bond acceptors (Lipinski definition) is 4. The van der Waals surface area contributed by atoms with Gasteiger partial charge in [0.25, 0.3) is 5.91 Å². The van der Waals surface area contributed by atoms with Crippen LogP contribution in [0.25, 0.3) is 0 Å². The van der Waals surface area contributed by atoms with Gasteiger partial charge >= 0.3 is 0 Å². The molecule has 0 fully saturated rings. The quantitative estimate of drug-likeness (QED) is 0.918. The van der Waals surface area contributed by atoms with Crippen LogP contribution < -0.4 is 10.2 Å². The highest BCUT2D eigenvalue weighted by Gasteiger charge is 2.13. The third kappa shape index (κ3) is 3.86. The number of aromatic nitrogens is 2. The van der Waals surface area contributed by atoms with Crippen LogP contribution in [0.4, 0.5) is 11.5 Å². The number of nitrogens with zero attached hydrogens (tertiary/aromatic N) is 3. The minimum Gasteiger partial charge on any atom is -0.356 e. The van der Waals surface area contributed by atoms with Gasteiger partial charge < -0.3 is 10.2 Å². The highest BCUT2D eigenvalue weighted by atomic mass is 16.1. The monoisotopic (exact) mass is 312 g/mol. The van der Waals surface area contributed by atoms with Crippen LogP contribution >= 0.6 is 0 Å². The van der Waals surface area contributed by atoms with Gasteiger partial charge in [-0.25, -0.2) is 0 Å². The van der Waals surface area contributed by atoms with E-state index in [1.165, 1.54) is 5.56 Å². The third-order valence-electron chi connectivity index (χ3n) is 3.89. The van der Waals surface area contributed by atoms with Gasteiger partial charge in [0.05, 0.1) is 0 Å². The van der Waals surface area contributed by atoms with Gasteiger partial charge in [0.2, 0.25) is 0 Å². The average molecular weight is 312 g/mol. The summed E-state index contributed by atoms with van der Waals surface area (Å²) in [4.78, 5) is 14.5. The molecule has 1 aromatic carbocycles. The molecule has 0 atom stereocenters. The first-order valence-corrected chi connectivity index (χ1v) is 7.94. The zero-order chi connectivity index (χ0) is 17.0. The van der Waals surface area contributed by atoms with Gasteiger partial charge in [0, 0.05) is 18.8 Å². The average Bonchev–Trinajstić information content (AvgIpc) is 2.52. The summed E-state index contributed by atoms with van der Waals surface area (Å²) < 4.78 is 0. The summed E-state index contributed by atoms with van der Waals surface area (Å²) in [5, 5.41) is 11.2. The lowest BCUT2D eigenvalue weighted by molar-refractivity contribution is 0.102. The Morgan fingerprint density at radius 1 is 1.04 bits per heavy atom. The summed E-state index contributed by atoms with van der Waals surface area (Å²) in [7, 11) is 0. The molecule has 0 unspecified atom stereocenters. The van der Waals surface area contributed by atoms with E-state index in [4.69, 9.17) is 0 Å².